The number of hydrogen-bond acceptors (Lipinski definition) is 5. The predicted molar refractivity (Wildman–Crippen MR) is 114 cm³/mol. The average Bonchev–Trinajstić information content (AvgIpc) is 2.80. The largest absolute Gasteiger partial charge is 0.497 e. The molecule has 0 amide bonds. The minimum Gasteiger partial charge on any atom is -0.497 e. The number of nitrogens with zero attached hydrogens (tertiary/aromatic N) is 1. The van der Waals surface area contributed by atoms with E-state index in [9.17, 15) is 22.0 Å². The van der Waals surface area contributed by atoms with Crippen molar-refractivity contribution in [2.24, 2.45) is 5.92 Å². The topological polar surface area (TPSA) is 72.9 Å². The summed E-state index contributed by atoms with van der Waals surface area (Å²) in [7, 11) is -2.63. The van der Waals surface area contributed by atoms with Crippen molar-refractivity contribution in [2.45, 2.75) is 17.7 Å². The molecule has 0 N–H and O–H groups in total. The Morgan fingerprint density at radius 1 is 0.938 bits per heavy atom. The molecule has 32 heavy (non-hydrogen) atoms. The number of carbonyl (C=O) groups excluding carboxylic acids is 1. The van der Waals surface area contributed by atoms with Crippen LogP contribution < -0.4 is 9.47 Å². The third-order valence-corrected chi connectivity index (χ3v) is 7.45. The summed E-state index contributed by atoms with van der Waals surface area (Å²) < 4.78 is 64.6. The molecule has 3 aromatic rings. The Morgan fingerprint density at radius 2 is 1.59 bits per heavy atom. The SMILES string of the molecule is COc1ccc2ccc(OC(=O)C3CCN(S(=O)(=O)c4cc(F)ccc4F)CC3)cc2c1. The van der Waals surface area contributed by atoms with Crippen LogP contribution in [0.15, 0.2) is 59.5 Å². The molecule has 0 saturated carbocycles. The Balaban J connectivity index is 1.42. The summed E-state index contributed by atoms with van der Waals surface area (Å²) >= 11 is 0. The van der Waals surface area contributed by atoms with Crippen molar-refractivity contribution in [3.63, 3.8) is 0 Å². The number of benzene rings is 3. The molecule has 1 aliphatic heterocycles. The van der Waals surface area contributed by atoms with Crippen molar-refractivity contribution < 1.29 is 31.5 Å². The summed E-state index contributed by atoms with van der Waals surface area (Å²) in [6.07, 6.45) is 0.437. The van der Waals surface area contributed by atoms with Crippen molar-refractivity contribution in [3.05, 3.63) is 66.2 Å². The summed E-state index contributed by atoms with van der Waals surface area (Å²) in [4.78, 5) is 11.9. The first-order valence-electron chi connectivity index (χ1n) is 10.0. The van der Waals surface area contributed by atoms with Crippen LogP contribution in [-0.2, 0) is 14.8 Å². The number of rotatable bonds is 5. The maximum atomic E-state index is 14.0. The molecule has 9 heteroatoms. The third-order valence-electron chi connectivity index (χ3n) is 5.54. The Bertz CT molecular complexity index is 1270. The van der Waals surface area contributed by atoms with Crippen LogP contribution in [0, 0.1) is 17.6 Å². The maximum Gasteiger partial charge on any atom is 0.314 e. The first kappa shape index (κ1) is 22.2. The van der Waals surface area contributed by atoms with Gasteiger partial charge in [0.2, 0.25) is 10.0 Å². The number of fused-ring (bicyclic) bond motifs is 1. The normalized spacial score (nSPS) is 15.6. The van der Waals surface area contributed by atoms with E-state index in [1.165, 1.54) is 0 Å². The van der Waals surface area contributed by atoms with Gasteiger partial charge in [-0.05, 0) is 66.1 Å². The van der Waals surface area contributed by atoms with E-state index < -0.39 is 38.4 Å². The van der Waals surface area contributed by atoms with Crippen LogP contribution in [0.4, 0.5) is 8.78 Å². The van der Waals surface area contributed by atoms with Gasteiger partial charge in [0.1, 0.15) is 28.0 Å². The standard InChI is InChI=1S/C23H21F2NO5S/c1-30-19-5-2-15-3-6-20(13-17(15)12-19)31-23(27)16-8-10-26(11-9-16)32(28,29)22-14-18(24)4-7-21(22)25/h2-7,12-14,16H,8-11H2,1H3. The van der Waals surface area contributed by atoms with Crippen molar-refractivity contribution in [1.29, 1.82) is 0 Å². The van der Waals surface area contributed by atoms with Gasteiger partial charge in [-0.25, -0.2) is 17.2 Å². The van der Waals surface area contributed by atoms with Crippen molar-refractivity contribution in [3.8, 4) is 11.5 Å². The van der Waals surface area contributed by atoms with E-state index in [0.29, 0.717) is 17.6 Å². The van der Waals surface area contributed by atoms with E-state index in [0.717, 1.165) is 27.2 Å². The van der Waals surface area contributed by atoms with Crippen LogP contribution in [0.2, 0.25) is 0 Å². The van der Waals surface area contributed by atoms with Gasteiger partial charge in [-0.1, -0.05) is 12.1 Å². The van der Waals surface area contributed by atoms with E-state index in [2.05, 4.69) is 0 Å². The van der Waals surface area contributed by atoms with E-state index in [4.69, 9.17) is 9.47 Å². The van der Waals surface area contributed by atoms with Gasteiger partial charge in [0, 0.05) is 13.1 Å². The molecule has 6 nitrogen and oxygen atoms in total. The molecular formula is C23H21F2NO5S. The van der Waals surface area contributed by atoms with E-state index >= 15 is 0 Å². The van der Waals surface area contributed by atoms with Crippen LogP contribution in [0.25, 0.3) is 10.8 Å². The highest BCUT2D eigenvalue weighted by atomic mass is 32.2. The second kappa shape index (κ2) is 8.84. The summed E-state index contributed by atoms with van der Waals surface area (Å²) in [5.74, 6) is -1.74. The van der Waals surface area contributed by atoms with Crippen LogP contribution >= 0.6 is 0 Å². The molecule has 0 spiro atoms. The zero-order valence-electron chi connectivity index (χ0n) is 17.3. The molecule has 3 aromatic carbocycles. The van der Waals surface area contributed by atoms with Gasteiger partial charge >= 0.3 is 5.97 Å². The van der Waals surface area contributed by atoms with Gasteiger partial charge in [0.15, 0.2) is 0 Å². The highest BCUT2D eigenvalue weighted by Gasteiger charge is 2.34. The Morgan fingerprint density at radius 3 is 2.28 bits per heavy atom. The summed E-state index contributed by atoms with van der Waals surface area (Å²) in [5, 5.41) is 1.82. The Hall–Kier alpha value is -3.04. The molecule has 0 atom stereocenters. The molecule has 168 valence electrons. The fourth-order valence-electron chi connectivity index (χ4n) is 3.74. The summed E-state index contributed by atoms with van der Waals surface area (Å²) in [6, 6.07) is 13.1. The molecule has 0 unspecified atom stereocenters. The highest BCUT2D eigenvalue weighted by Crippen LogP contribution is 2.29. The fourth-order valence-corrected chi connectivity index (χ4v) is 5.28. The third kappa shape index (κ3) is 4.44. The average molecular weight is 461 g/mol. The first-order valence-corrected chi connectivity index (χ1v) is 11.5. The number of hydrogen-bond donors (Lipinski definition) is 0. The van der Waals surface area contributed by atoms with Crippen molar-refractivity contribution in [2.75, 3.05) is 20.2 Å². The summed E-state index contributed by atoms with van der Waals surface area (Å²) in [6.45, 7) is 0.0138. The Labute approximate surface area is 184 Å². The van der Waals surface area contributed by atoms with Gasteiger partial charge in [0.05, 0.1) is 13.0 Å². The van der Waals surface area contributed by atoms with Gasteiger partial charge in [-0.15, -0.1) is 0 Å². The predicted octanol–water partition coefficient (Wildman–Crippen LogP) is 4.13. The summed E-state index contributed by atoms with van der Waals surface area (Å²) in [5.41, 5.74) is 0. The maximum absolute atomic E-state index is 14.0. The fraction of sp³-hybridized carbons (Fsp3) is 0.261. The molecule has 0 aliphatic carbocycles. The van der Waals surface area contributed by atoms with Crippen molar-refractivity contribution in [1.82, 2.24) is 4.31 Å². The van der Waals surface area contributed by atoms with Crippen molar-refractivity contribution >= 4 is 26.8 Å². The van der Waals surface area contributed by atoms with E-state index in [-0.39, 0.29) is 25.9 Å². The number of esters is 1. The quantitative estimate of drug-likeness (QED) is 0.422. The lowest BCUT2D eigenvalue weighted by Crippen LogP contribution is -2.41. The molecular weight excluding hydrogens is 440 g/mol. The number of piperidine rings is 1. The lowest BCUT2D eigenvalue weighted by Gasteiger charge is -2.30. The number of sulfonamides is 1. The minimum atomic E-state index is -4.20. The zero-order valence-corrected chi connectivity index (χ0v) is 18.1. The smallest absolute Gasteiger partial charge is 0.314 e. The van der Waals surface area contributed by atoms with E-state index in [1.807, 2.05) is 24.3 Å². The van der Waals surface area contributed by atoms with Crippen LogP contribution in [0.1, 0.15) is 12.8 Å². The first-order chi connectivity index (χ1) is 15.3. The van der Waals surface area contributed by atoms with Gasteiger partial charge in [0.25, 0.3) is 0 Å². The second-order valence-corrected chi connectivity index (χ2v) is 9.46. The second-order valence-electron chi connectivity index (χ2n) is 7.55. The van der Waals surface area contributed by atoms with Crippen LogP contribution in [0.3, 0.4) is 0 Å². The van der Waals surface area contributed by atoms with E-state index in [1.54, 1.807) is 19.2 Å². The monoisotopic (exact) mass is 461 g/mol. The lowest BCUT2D eigenvalue weighted by molar-refractivity contribution is -0.140. The molecule has 4 rings (SSSR count). The number of ether oxygens (including phenoxy) is 2. The van der Waals surface area contributed by atoms with Gasteiger partial charge < -0.3 is 9.47 Å². The minimum absolute atomic E-state index is 0.00692. The molecule has 0 bridgehead atoms. The lowest BCUT2D eigenvalue weighted by atomic mass is 9.98. The molecule has 1 heterocycles. The molecule has 0 aromatic heterocycles. The van der Waals surface area contributed by atoms with Crippen LogP contribution in [-0.4, -0.2) is 38.9 Å². The van der Waals surface area contributed by atoms with Crippen LogP contribution in [0.5, 0.6) is 11.5 Å². The molecule has 1 fully saturated rings. The Kier molecular flexibility index (Phi) is 6.12. The molecule has 1 aliphatic rings. The number of carbonyl (C=O) groups is 1. The highest BCUT2D eigenvalue weighted by molar-refractivity contribution is 7.89. The zero-order chi connectivity index (χ0) is 22.9. The molecule has 1 saturated heterocycles. The molecule has 0 radical (unpaired) electrons. The number of halogens is 2. The number of methoxy groups -OCH3 is 1. The van der Waals surface area contributed by atoms with Gasteiger partial charge in [-0.3, -0.25) is 4.79 Å². The van der Waals surface area contributed by atoms with Gasteiger partial charge in [-0.2, -0.15) is 4.31 Å².